The summed E-state index contributed by atoms with van der Waals surface area (Å²) in [5.41, 5.74) is 0.977. The van der Waals surface area contributed by atoms with Crippen LogP contribution in [0.5, 0.6) is 0 Å². The Balaban J connectivity index is 1.72. The van der Waals surface area contributed by atoms with Crippen LogP contribution in [-0.2, 0) is 25.7 Å². The number of nitrogens with zero attached hydrogens (tertiary/aromatic N) is 3. The minimum atomic E-state index is -1.00. The first-order valence-corrected chi connectivity index (χ1v) is 16.1. The number of piperidine rings is 1. The van der Waals surface area contributed by atoms with Gasteiger partial charge in [-0.3, -0.25) is 14.5 Å². The number of aromatic nitrogens is 1. The molecular weight excluding hydrogens is 584 g/mol. The topological polar surface area (TPSA) is 138 Å². The van der Waals surface area contributed by atoms with Crippen LogP contribution >= 0.6 is 11.3 Å². The molecular formula is C32H46N4O7S. The molecule has 11 nitrogen and oxygen atoms in total. The van der Waals surface area contributed by atoms with E-state index in [2.05, 4.69) is 10.3 Å². The molecule has 2 aromatic rings. The van der Waals surface area contributed by atoms with Crippen molar-refractivity contribution in [2.24, 2.45) is 11.8 Å². The zero-order valence-electron chi connectivity index (χ0n) is 26.5. The summed E-state index contributed by atoms with van der Waals surface area (Å²) in [6.45, 7) is 8.29. The molecule has 0 saturated carbocycles. The van der Waals surface area contributed by atoms with E-state index in [1.807, 2.05) is 58.0 Å². The number of likely N-dealkylation sites (tertiary alicyclic amines) is 1. The maximum atomic E-state index is 14.0. The molecule has 3 rings (SSSR count). The van der Waals surface area contributed by atoms with Gasteiger partial charge in [-0.15, -0.1) is 11.3 Å². The average Bonchev–Trinajstić information content (AvgIpc) is 3.54. The fourth-order valence-corrected chi connectivity index (χ4v) is 6.17. The largest absolute Gasteiger partial charge is 0.464 e. The smallest absolute Gasteiger partial charge is 0.410 e. The molecule has 2 unspecified atom stereocenters. The Bertz CT molecular complexity index is 1250. The van der Waals surface area contributed by atoms with Crippen LogP contribution in [0.25, 0.3) is 0 Å². The first-order valence-electron chi connectivity index (χ1n) is 15.2. The quantitative estimate of drug-likeness (QED) is 0.307. The lowest BCUT2D eigenvalue weighted by Crippen LogP contribution is -2.59. The fraction of sp³-hybridized carbons (Fsp3) is 0.594. The lowest BCUT2D eigenvalue weighted by molar-refractivity contribution is -0.141. The number of likely N-dealkylation sites (N-methyl/N-ethyl adjacent to an activating group) is 1. The van der Waals surface area contributed by atoms with E-state index < -0.39 is 30.3 Å². The lowest BCUT2D eigenvalue weighted by atomic mass is 9.92. The van der Waals surface area contributed by atoms with Crippen LogP contribution < -0.4 is 5.32 Å². The zero-order valence-corrected chi connectivity index (χ0v) is 27.3. The number of methoxy groups -OCH3 is 1. The Kier molecular flexibility index (Phi) is 13.1. The van der Waals surface area contributed by atoms with Crippen LogP contribution in [0.3, 0.4) is 0 Å². The molecule has 2 N–H and O–H groups in total. The van der Waals surface area contributed by atoms with Crippen molar-refractivity contribution in [3.8, 4) is 0 Å². The van der Waals surface area contributed by atoms with Gasteiger partial charge in [0.25, 0.3) is 0 Å². The van der Waals surface area contributed by atoms with Gasteiger partial charge in [-0.2, -0.15) is 0 Å². The number of hydrogen-bond acceptors (Lipinski definition) is 9. The van der Waals surface area contributed by atoms with Gasteiger partial charge in [0.2, 0.25) is 11.8 Å². The van der Waals surface area contributed by atoms with E-state index in [9.17, 15) is 24.3 Å². The van der Waals surface area contributed by atoms with E-state index in [4.69, 9.17) is 9.47 Å². The molecule has 0 spiro atoms. The van der Waals surface area contributed by atoms with Crippen LogP contribution in [0, 0.1) is 11.8 Å². The average molecular weight is 631 g/mol. The number of aliphatic hydroxyl groups is 1. The van der Waals surface area contributed by atoms with E-state index in [0.717, 1.165) is 29.7 Å². The van der Waals surface area contributed by atoms with E-state index in [-0.39, 0.29) is 48.4 Å². The van der Waals surface area contributed by atoms with Gasteiger partial charge in [0.1, 0.15) is 29.8 Å². The summed E-state index contributed by atoms with van der Waals surface area (Å²) in [4.78, 5) is 59.8. The third-order valence-electron chi connectivity index (χ3n) is 8.30. The molecule has 242 valence electrons. The Labute approximate surface area is 263 Å². The highest BCUT2D eigenvalue weighted by Gasteiger charge is 2.38. The molecule has 3 amide bonds. The number of benzene rings is 1. The molecule has 1 aromatic heterocycles. The Hall–Kier alpha value is -3.51. The summed E-state index contributed by atoms with van der Waals surface area (Å²) in [5, 5.41) is 15.9. The monoisotopic (exact) mass is 630 g/mol. The van der Waals surface area contributed by atoms with Crippen molar-refractivity contribution in [3.63, 3.8) is 0 Å². The number of thiazole rings is 1. The first kappa shape index (κ1) is 35.0. The first-order chi connectivity index (χ1) is 21.0. The van der Waals surface area contributed by atoms with Gasteiger partial charge < -0.3 is 24.8 Å². The molecule has 0 radical (unpaired) electrons. The number of carbonyl (C=O) groups is 4. The lowest BCUT2D eigenvalue weighted by Gasteiger charge is -2.38. The Morgan fingerprint density at radius 2 is 1.86 bits per heavy atom. The molecule has 5 atom stereocenters. The zero-order chi connectivity index (χ0) is 32.4. The number of hydrogen-bond donors (Lipinski definition) is 2. The highest BCUT2D eigenvalue weighted by Crippen LogP contribution is 2.28. The van der Waals surface area contributed by atoms with Gasteiger partial charge in [0.15, 0.2) is 5.69 Å². The Morgan fingerprint density at radius 3 is 2.50 bits per heavy atom. The van der Waals surface area contributed by atoms with Crippen molar-refractivity contribution in [3.05, 3.63) is 52.0 Å². The maximum absolute atomic E-state index is 14.0. The maximum Gasteiger partial charge on any atom is 0.410 e. The highest BCUT2D eigenvalue weighted by atomic mass is 32.1. The van der Waals surface area contributed by atoms with E-state index in [0.29, 0.717) is 24.4 Å². The second kappa shape index (κ2) is 16.5. The van der Waals surface area contributed by atoms with Crippen LogP contribution in [0.2, 0.25) is 0 Å². The van der Waals surface area contributed by atoms with Crippen molar-refractivity contribution in [2.45, 2.75) is 90.6 Å². The number of esters is 1. The number of ether oxygens (including phenoxy) is 2. The number of amides is 3. The van der Waals surface area contributed by atoms with Crippen molar-refractivity contribution in [1.82, 2.24) is 20.1 Å². The molecule has 1 aromatic carbocycles. The SMILES string of the molecule is CCC(C)C(NC(=O)[C@H]1CCCCN1C(=O)OCc1ccccc1)C(=O)N(C)[C@H](C[C@@H](O)c1nc(C(=O)OC)cs1)C(C)C. The van der Waals surface area contributed by atoms with Gasteiger partial charge >= 0.3 is 12.1 Å². The standard InChI is InChI=1S/C32H46N4O7S/c1-7-21(4)27(30(39)35(5)25(20(2)3)17-26(37)29-33-23(19-44-29)31(40)42-6)34-28(38)24-15-11-12-16-36(24)32(41)43-18-22-13-9-8-10-14-22/h8-10,13-14,19-21,24-27,37H,7,11-12,15-18H2,1-6H3,(H,34,38)/t21?,24-,25-,26-,27?/m1/s1. The van der Waals surface area contributed by atoms with Crippen LogP contribution in [0.4, 0.5) is 4.79 Å². The van der Waals surface area contributed by atoms with Crippen LogP contribution in [-0.4, -0.2) is 82.6 Å². The second-order valence-corrected chi connectivity index (χ2v) is 12.6. The number of rotatable bonds is 13. The molecule has 44 heavy (non-hydrogen) atoms. The number of carbonyl (C=O) groups excluding carboxylic acids is 4. The van der Waals surface area contributed by atoms with Gasteiger partial charge in [-0.1, -0.05) is 64.4 Å². The second-order valence-electron chi connectivity index (χ2n) is 11.7. The van der Waals surface area contributed by atoms with Gasteiger partial charge in [-0.05, 0) is 36.7 Å². The summed E-state index contributed by atoms with van der Waals surface area (Å²) in [5.74, 6) is -1.45. The van der Waals surface area contributed by atoms with Crippen molar-refractivity contribution >= 4 is 35.2 Å². The van der Waals surface area contributed by atoms with Crippen LogP contribution in [0.1, 0.15) is 87.0 Å². The minimum absolute atomic E-state index is 0.0276. The van der Waals surface area contributed by atoms with Crippen molar-refractivity contribution in [2.75, 3.05) is 20.7 Å². The highest BCUT2D eigenvalue weighted by molar-refractivity contribution is 7.09. The molecule has 1 aliphatic heterocycles. The molecule has 0 bridgehead atoms. The minimum Gasteiger partial charge on any atom is -0.464 e. The van der Waals surface area contributed by atoms with Crippen molar-refractivity contribution in [1.29, 1.82) is 0 Å². The Morgan fingerprint density at radius 1 is 1.16 bits per heavy atom. The molecule has 1 saturated heterocycles. The van der Waals surface area contributed by atoms with Crippen LogP contribution in [0.15, 0.2) is 35.7 Å². The summed E-state index contributed by atoms with van der Waals surface area (Å²) < 4.78 is 10.2. The normalized spacial score (nSPS) is 17.7. The molecule has 2 heterocycles. The van der Waals surface area contributed by atoms with Gasteiger partial charge in [0, 0.05) is 31.4 Å². The fourth-order valence-electron chi connectivity index (χ4n) is 5.39. The third kappa shape index (κ3) is 9.01. The summed E-state index contributed by atoms with van der Waals surface area (Å²) in [6.07, 6.45) is 1.30. The summed E-state index contributed by atoms with van der Waals surface area (Å²) >= 11 is 1.15. The summed E-state index contributed by atoms with van der Waals surface area (Å²) in [6, 6.07) is 7.41. The summed E-state index contributed by atoms with van der Waals surface area (Å²) in [7, 11) is 2.94. The van der Waals surface area contributed by atoms with E-state index in [1.165, 1.54) is 17.4 Å². The van der Waals surface area contributed by atoms with Crippen molar-refractivity contribution < 1.29 is 33.8 Å². The third-order valence-corrected chi connectivity index (χ3v) is 9.25. The van der Waals surface area contributed by atoms with Gasteiger partial charge in [0.05, 0.1) is 7.11 Å². The predicted molar refractivity (Wildman–Crippen MR) is 167 cm³/mol. The number of nitrogens with one attached hydrogen (secondary N) is 1. The van der Waals surface area contributed by atoms with Gasteiger partial charge in [-0.25, -0.2) is 14.6 Å². The molecule has 1 aliphatic rings. The predicted octanol–water partition coefficient (Wildman–Crippen LogP) is 4.56. The number of aliphatic hydroxyl groups excluding tert-OH is 1. The molecule has 12 heteroatoms. The molecule has 0 aliphatic carbocycles. The van der Waals surface area contributed by atoms with E-state index in [1.54, 1.807) is 11.9 Å². The van der Waals surface area contributed by atoms with E-state index >= 15 is 0 Å². The molecule has 1 fully saturated rings.